The van der Waals surface area contributed by atoms with E-state index in [9.17, 15) is 9.59 Å². The number of pyridine rings is 2. The molecule has 8 heteroatoms. The molecule has 2 fully saturated rings. The summed E-state index contributed by atoms with van der Waals surface area (Å²) in [7, 11) is 5.80. The molecule has 1 aliphatic heterocycles. The third kappa shape index (κ3) is 5.82. The molecule has 176 valence electrons. The topological polar surface area (TPSA) is 84.6 Å². The molecule has 0 radical (unpaired) electrons. The molecule has 0 aromatic carbocycles. The molecule has 1 aliphatic carbocycles. The zero-order valence-electron chi connectivity index (χ0n) is 19.8. The van der Waals surface area contributed by atoms with E-state index < -0.39 is 0 Å². The molecular weight excluding hydrogens is 416 g/mol. The first kappa shape index (κ1) is 23.0. The number of amides is 1. The largest absolute Gasteiger partial charge is 0.373 e. The standard InChI is InChI=1S/C25H34N6O2/c1-26-23-14-19(8-10-27-23)20-13-22(25(33)28-15-20)31(16-18-6-7-18)21-9-12-30(17-21)24(32)5-4-11-29(2)3/h4-5,8,10,13-15,18,21H,6-7,9,11-12,16-17H2,1-3H3,(H,26,27)(H,28,33)/b5-4+/t21-/m1/s1. The highest BCUT2D eigenvalue weighted by Gasteiger charge is 2.34. The number of aromatic nitrogens is 2. The molecule has 1 atom stereocenters. The predicted molar refractivity (Wildman–Crippen MR) is 133 cm³/mol. The van der Waals surface area contributed by atoms with Gasteiger partial charge in [-0.15, -0.1) is 0 Å². The molecule has 2 aromatic heterocycles. The Morgan fingerprint density at radius 2 is 2.09 bits per heavy atom. The van der Waals surface area contributed by atoms with Crippen LogP contribution in [0.5, 0.6) is 0 Å². The molecular formula is C25H34N6O2. The second-order valence-corrected chi connectivity index (χ2v) is 9.27. The predicted octanol–water partition coefficient (Wildman–Crippen LogP) is 2.41. The van der Waals surface area contributed by atoms with Crippen LogP contribution in [0.2, 0.25) is 0 Å². The molecule has 2 aliphatic rings. The molecule has 33 heavy (non-hydrogen) atoms. The Balaban J connectivity index is 1.56. The number of nitrogens with one attached hydrogen (secondary N) is 2. The maximum atomic E-state index is 12.9. The van der Waals surface area contributed by atoms with E-state index in [0.29, 0.717) is 24.7 Å². The number of aromatic amines is 1. The van der Waals surface area contributed by atoms with Gasteiger partial charge >= 0.3 is 0 Å². The van der Waals surface area contributed by atoms with Crippen molar-refractivity contribution in [2.75, 3.05) is 57.5 Å². The van der Waals surface area contributed by atoms with Gasteiger partial charge in [-0.2, -0.15) is 0 Å². The summed E-state index contributed by atoms with van der Waals surface area (Å²) >= 11 is 0. The van der Waals surface area contributed by atoms with E-state index in [4.69, 9.17) is 0 Å². The van der Waals surface area contributed by atoms with Crippen LogP contribution in [0.4, 0.5) is 11.5 Å². The zero-order valence-corrected chi connectivity index (χ0v) is 19.8. The Labute approximate surface area is 195 Å². The number of carbonyl (C=O) groups excluding carboxylic acids is 1. The van der Waals surface area contributed by atoms with Gasteiger partial charge in [0.15, 0.2) is 0 Å². The maximum Gasteiger partial charge on any atom is 0.271 e. The van der Waals surface area contributed by atoms with Crippen LogP contribution in [0.1, 0.15) is 19.3 Å². The minimum Gasteiger partial charge on any atom is -0.373 e. The highest BCUT2D eigenvalue weighted by Crippen LogP contribution is 2.34. The Hall–Kier alpha value is -3.13. The van der Waals surface area contributed by atoms with Crippen LogP contribution in [-0.2, 0) is 4.79 Å². The number of likely N-dealkylation sites (N-methyl/N-ethyl adjacent to an activating group) is 1. The van der Waals surface area contributed by atoms with Crippen molar-refractivity contribution in [3.05, 3.63) is 53.1 Å². The van der Waals surface area contributed by atoms with Gasteiger partial charge in [-0.1, -0.05) is 6.08 Å². The minimum atomic E-state index is -0.0852. The number of hydrogen-bond acceptors (Lipinski definition) is 6. The number of nitrogens with zero attached hydrogens (tertiary/aromatic N) is 4. The molecule has 8 nitrogen and oxygen atoms in total. The van der Waals surface area contributed by atoms with Crippen molar-refractivity contribution < 1.29 is 4.79 Å². The van der Waals surface area contributed by atoms with Crippen molar-refractivity contribution in [1.82, 2.24) is 19.8 Å². The summed E-state index contributed by atoms with van der Waals surface area (Å²) in [6.45, 7) is 2.95. The Morgan fingerprint density at radius 1 is 1.27 bits per heavy atom. The average molecular weight is 451 g/mol. The minimum absolute atomic E-state index is 0.0461. The number of rotatable bonds is 9. The Morgan fingerprint density at radius 3 is 2.82 bits per heavy atom. The first-order chi connectivity index (χ1) is 15.9. The van der Waals surface area contributed by atoms with E-state index in [1.807, 2.05) is 55.2 Å². The van der Waals surface area contributed by atoms with Crippen LogP contribution >= 0.6 is 0 Å². The van der Waals surface area contributed by atoms with E-state index in [1.165, 1.54) is 12.8 Å². The van der Waals surface area contributed by atoms with Crippen LogP contribution in [-0.4, -0.2) is 79.0 Å². The van der Waals surface area contributed by atoms with Gasteiger partial charge in [0.25, 0.3) is 5.56 Å². The first-order valence-corrected chi connectivity index (χ1v) is 11.7. The summed E-state index contributed by atoms with van der Waals surface area (Å²) in [5.41, 5.74) is 2.54. The van der Waals surface area contributed by atoms with Gasteiger partial charge in [-0.3, -0.25) is 9.59 Å². The second kappa shape index (κ2) is 10.2. The zero-order chi connectivity index (χ0) is 23.4. The van der Waals surface area contributed by atoms with Crippen molar-refractivity contribution in [3.8, 4) is 11.1 Å². The molecule has 0 spiro atoms. The van der Waals surface area contributed by atoms with Crippen LogP contribution < -0.4 is 15.8 Å². The quantitative estimate of drug-likeness (QED) is 0.571. The van der Waals surface area contributed by atoms with Crippen LogP contribution in [0, 0.1) is 5.92 Å². The lowest BCUT2D eigenvalue weighted by atomic mass is 10.1. The van der Waals surface area contributed by atoms with Gasteiger partial charge in [-0.05, 0) is 63.0 Å². The molecule has 0 unspecified atom stereocenters. The molecule has 4 rings (SSSR count). The SMILES string of the molecule is CNc1cc(-c2c[nH]c(=O)c(N(CC3CC3)[C@@H]3CCN(C(=O)/C=C/CN(C)C)C3)c2)ccn1. The molecule has 2 N–H and O–H groups in total. The highest BCUT2D eigenvalue weighted by atomic mass is 16.2. The van der Waals surface area contributed by atoms with Gasteiger partial charge in [-0.25, -0.2) is 4.98 Å². The third-order valence-electron chi connectivity index (χ3n) is 6.34. The summed E-state index contributed by atoms with van der Waals surface area (Å²) in [6, 6.07) is 6.04. The first-order valence-electron chi connectivity index (χ1n) is 11.7. The van der Waals surface area contributed by atoms with E-state index >= 15 is 0 Å². The summed E-state index contributed by atoms with van der Waals surface area (Å²) < 4.78 is 0. The highest BCUT2D eigenvalue weighted by molar-refractivity contribution is 5.88. The number of anilines is 2. The second-order valence-electron chi connectivity index (χ2n) is 9.27. The Bertz CT molecular complexity index is 1060. The van der Waals surface area contributed by atoms with Gasteiger partial charge < -0.3 is 25.0 Å². The van der Waals surface area contributed by atoms with Gasteiger partial charge in [0.05, 0.1) is 0 Å². The lowest BCUT2D eigenvalue weighted by molar-refractivity contribution is -0.125. The van der Waals surface area contributed by atoms with E-state index in [1.54, 1.807) is 18.5 Å². The Kier molecular flexibility index (Phi) is 7.13. The maximum absolute atomic E-state index is 12.9. The third-order valence-corrected chi connectivity index (χ3v) is 6.34. The smallest absolute Gasteiger partial charge is 0.271 e. The molecule has 3 heterocycles. The van der Waals surface area contributed by atoms with Gasteiger partial charge in [0.1, 0.15) is 11.5 Å². The monoisotopic (exact) mass is 450 g/mol. The summed E-state index contributed by atoms with van der Waals surface area (Å²) in [5, 5.41) is 3.06. The molecule has 0 bridgehead atoms. The van der Waals surface area contributed by atoms with E-state index in [2.05, 4.69) is 20.2 Å². The van der Waals surface area contributed by atoms with E-state index in [-0.39, 0.29) is 17.5 Å². The molecule has 1 saturated carbocycles. The number of carbonyl (C=O) groups is 1. The van der Waals surface area contributed by atoms with Crippen LogP contribution in [0.15, 0.2) is 47.5 Å². The lowest BCUT2D eigenvalue weighted by Gasteiger charge is -2.31. The lowest BCUT2D eigenvalue weighted by Crippen LogP contribution is -2.42. The fourth-order valence-corrected chi connectivity index (χ4v) is 4.29. The summed E-state index contributed by atoms with van der Waals surface area (Å²) in [6.07, 6.45) is 10.4. The summed E-state index contributed by atoms with van der Waals surface area (Å²) in [4.78, 5) is 39.0. The van der Waals surface area contributed by atoms with Crippen molar-refractivity contribution in [1.29, 1.82) is 0 Å². The van der Waals surface area contributed by atoms with Crippen LogP contribution in [0.25, 0.3) is 11.1 Å². The van der Waals surface area contributed by atoms with Crippen molar-refractivity contribution in [3.63, 3.8) is 0 Å². The van der Waals surface area contributed by atoms with Gasteiger partial charge in [0, 0.05) is 63.3 Å². The molecule has 1 saturated heterocycles. The van der Waals surface area contributed by atoms with Crippen molar-refractivity contribution in [2.24, 2.45) is 5.92 Å². The van der Waals surface area contributed by atoms with E-state index in [0.717, 1.165) is 36.5 Å². The van der Waals surface area contributed by atoms with Gasteiger partial charge in [0.2, 0.25) is 5.91 Å². The fourth-order valence-electron chi connectivity index (χ4n) is 4.29. The van der Waals surface area contributed by atoms with Crippen LogP contribution in [0.3, 0.4) is 0 Å². The summed E-state index contributed by atoms with van der Waals surface area (Å²) in [5.74, 6) is 1.45. The fraction of sp³-hybridized carbons (Fsp3) is 0.480. The average Bonchev–Trinajstić information content (AvgIpc) is 3.50. The van der Waals surface area contributed by atoms with Crippen molar-refractivity contribution >= 4 is 17.4 Å². The normalized spacial score (nSPS) is 18.3. The molecule has 1 amide bonds. The molecule has 2 aromatic rings. The number of hydrogen-bond donors (Lipinski definition) is 2. The number of likely N-dealkylation sites (tertiary alicyclic amines) is 1. The number of H-pyrrole nitrogens is 1. The van der Waals surface area contributed by atoms with Crippen molar-refractivity contribution in [2.45, 2.75) is 25.3 Å².